The average molecular weight is 288 g/mol. The molecule has 20 heavy (non-hydrogen) atoms. The highest BCUT2D eigenvalue weighted by molar-refractivity contribution is 5.14. The maximum Gasteiger partial charge on any atom is 0.434 e. The Hall–Kier alpha value is -1.04. The first-order chi connectivity index (χ1) is 9.49. The first-order valence-electron chi connectivity index (χ1n) is 7.26. The van der Waals surface area contributed by atoms with Crippen LogP contribution in [0.5, 0.6) is 0 Å². The number of alkyl halides is 3. The number of hydrogen-bond acceptors (Lipinski definition) is 2. The third kappa shape index (κ3) is 2.71. The van der Waals surface area contributed by atoms with E-state index in [1.165, 1.54) is 6.20 Å². The summed E-state index contributed by atoms with van der Waals surface area (Å²) in [5.41, 5.74) is -0.760. The van der Waals surface area contributed by atoms with Crippen LogP contribution in [0.25, 0.3) is 0 Å². The standard InChI is InChI=1S/C14H19F3N2O/c15-14(16,17)12-7-19(11-5-6-11)13(18-12)10-3-1-9(8-20)2-4-10/h7,9-11,20H,1-6,8H2. The SMILES string of the molecule is OCC1CCC(c2nc(C(F)(F)F)cn2C2CC2)CC1. The Kier molecular flexibility index (Phi) is 3.52. The van der Waals surface area contributed by atoms with Crippen molar-refractivity contribution >= 4 is 0 Å². The smallest absolute Gasteiger partial charge is 0.396 e. The summed E-state index contributed by atoms with van der Waals surface area (Å²) in [4.78, 5) is 3.89. The van der Waals surface area contributed by atoms with E-state index in [-0.39, 0.29) is 18.6 Å². The van der Waals surface area contributed by atoms with Crippen LogP contribution in [0.4, 0.5) is 13.2 Å². The number of aliphatic hydroxyl groups is 1. The van der Waals surface area contributed by atoms with Gasteiger partial charge >= 0.3 is 6.18 Å². The fourth-order valence-corrected chi connectivity index (χ4v) is 3.09. The Morgan fingerprint density at radius 1 is 1.15 bits per heavy atom. The molecule has 2 aliphatic rings. The number of aliphatic hydroxyl groups excluding tert-OH is 1. The summed E-state index contributed by atoms with van der Waals surface area (Å²) in [5, 5.41) is 9.14. The largest absolute Gasteiger partial charge is 0.434 e. The van der Waals surface area contributed by atoms with Gasteiger partial charge < -0.3 is 9.67 Å². The number of hydrogen-bond donors (Lipinski definition) is 1. The van der Waals surface area contributed by atoms with Crippen molar-refractivity contribution in [2.45, 2.75) is 56.7 Å². The molecule has 1 heterocycles. The predicted octanol–water partition coefficient (Wildman–Crippen LogP) is 3.50. The van der Waals surface area contributed by atoms with Crippen LogP contribution in [0.1, 0.15) is 62.0 Å². The number of aromatic nitrogens is 2. The summed E-state index contributed by atoms with van der Waals surface area (Å²) in [7, 11) is 0. The lowest BCUT2D eigenvalue weighted by atomic mass is 9.82. The van der Waals surface area contributed by atoms with E-state index in [4.69, 9.17) is 5.11 Å². The van der Waals surface area contributed by atoms with E-state index in [0.717, 1.165) is 38.5 Å². The molecule has 0 unspecified atom stereocenters. The summed E-state index contributed by atoms with van der Waals surface area (Å²) in [5.74, 6) is 1.02. The maximum absolute atomic E-state index is 12.8. The molecule has 0 amide bonds. The molecule has 0 radical (unpaired) electrons. The average Bonchev–Trinajstić information content (AvgIpc) is 3.16. The topological polar surface area (TPSA) is 38.1 Å². The molecule has 0 aliphatic heterocycles. The highest BCUT2D eigenvalue weighted by Gasteiger charge is 2.39. The lowest BCUT2D eigenvalue weighted by Gasteiger charge is -2.27. The fraction of sp³-hybridized carbons (Fsp3) is 0.786. The highest BCUT2D eigenvalue weighted by atomic mass is 19.4. The van der Waals surface area contributed by atoms with Gasteiger partial charge in [0.1, 0.15) is 5.82 Å². The Labute approximate surface area is 115 Å². The summed E-state index contributed by atoms with van der Waals surface area (Å²) in [6, 6.07) is 0.212. The van der Waals surface area contributed by atoms with Crippen LogP contribution in [0.3, 0.4) is 0 Å². The molecular formula is C14H19F3N2O. The van der Waals surface area contributed by atoms with Crippen molar-refractivity contribution < 1.29 is 18.3 Å². The van der Waals surface area contributed by atoms with Crippen LogP contribution in [0, 0.1) is 5.92 Å². The monoisotopic (exact) mass is 288 g/mol. The van der Waals surface area contributed by atoms with Gasteiger partial charge in [0.25, 0.3) is 0 Å². The van der Waals surface area contributed by atoms with Crippen LogP contribution in [-0.4, -0.2) is 21.3 Å². The van der Waals surface area contributed by atoms with Crippen molar-refractivity contribution in [1.82, 2.24) is 9.55 Å². The van der Waals surface area contributed by atoms with Gasteiger partial charge in [-0.2, -0.15) is 13.2 Å². The van der Waals surface area contributed by atoms with Gasteiger partial charge in [0.2, 0.25) is 0 Å². The van der Waals surface area contributed by atoms with Crippen LogP contribution in [0.15, 0.2) is 6.20 Å². The van der Waals surface area contributed by atoms with E-state index in [2.05, 4.69) is 4.98 Å². The van der Waals surface area contributed by atoms with Crippen LogP contribution >= 0.6 is 0 Å². The molecule has 0 bridgehead atoms. The third-order valence-corrected chi connectivity index (χ3v) is 4.46. The molecule has 3 nitrogen and oxygen atoms in total. The number of imidazole rings is 1. The molecule has 2 saturated carbocycles. The zero-order valence-corrected chi connectivity index (χ0v) is 11.2. The third-order valence-electron chi connectivity index (χ3n) is 4.46. The molecule has 3 rings (SSSR count). The second-order valence-electron chi connectivity index (χ2n) is 6.02. The van der Waals surface area contributed by atoms with Gasteiger partial charge in [0, 0.05) is 24.8 Å². The molecule has 0 saturated heterocycles. The molecule has 0 aromatic carbocycles. The molecule has 112 valence electrons. The number of nitrogens with zero attached hydrogens (tertiary/aromatic N) is 2. The summed E-state index contributed by atoms with van der Waals surface area (Å²) in [6.45, 7) is 0.178. The first-order valence-corrected chi connectivity index (χ1v) is 7.26. The second-order valence-corrected chi connectivity index (χ2v) is 6.02. The van der Waals surface area contributed by atoms with Gasteiger partial charge in [-0.1, -0.05) is 0 Å². The van der Waals surface area contributed by atoms with E-state index in [1.54, 1.807) is 4.57 Å². The van der Waals surface area contributed by atoms with E-state index in [9.17, 15) is 13.2 Å². The molecule has 0 spiro atoms. The Balaban J connectivity index is 1.83. The van der Waals surface area contributed by atoms with Crippen molar-refractivity contribution in [2.75, 3.05) is 6.61 Å². The van der Waals surface area contributed by atoms with Crippen LogP contribution in [-0.2, 0) is 6.18 Å². The van der Waals surface area contributed by atoms with Crippen molar-refractivity contribution in [3.8, 4) is 0 Å². The normalized spacial score (nSPS) is 27.8. The van der Waals surface area contributed by atoms with Gasteiger partial charge in [-0.15, -0.1) is 0 Å². The summed E-state index contributed by atoms with van der Waals surface area (Å²) >= 11 is 0. The molecule has 1 aromatic heterocycles. The molecule has 2 aliphatic carbocycles. The van der Waals surface area contributed by atoms with Crippen molar-refractivity contribution in [3.63, 3.8) is 0 Å². The quantitative estimate of drug-likeness (QED) is 0.924. The van der Waals surface area contributed by atoms with Gasteiger partial charge in [0.15, 0.2) is 5.69 Å². The molecule has 1 N–H and O–H groups in total. The lowest BCUT2D eigenvalue weighted by molar-refractivity contribution is -0.141. The predicted molar refractivity (Wildman–Crippen MR) is 67.3 cm³/mol. The van der Waals surface area contributed by atoms with Crippen molar-refractivity contribution in [3.05, 3.63) is 17.7 Å². The van der Waals surface area contributed by atoms with Crippen LogP contribution < -0.4 is 0 Å². The Morgan fingerprint density at radius 2 is 1.80 bits per heavy atom. The fourth-order valence-electron chi connectivity index (χ4n) is 3.09. The summed E-state index contributed by atoms with van der Waals surface area (Å²) in [6.07, 6.45) is 2.13. The zero-order valence-electron chi connectivity index (χ0n) is 11.2. The minimum atomic E-state index is -4.36. The van der Waals surface area contributed by atoms with E-state index in [1.807, 2.05) is 0 Å². The zero-order chi connectivity index (χ0) is 14.3. The van der Waals surface area contributed by atoms with Gasteiger partial charge in [-0.25, -0.2) is 4.98 Å². The van der Waals surface area contributed by atoms with Gasteiger partial charge in [-0.3, -0.25) is 0 Å². The van der Waals surface area contributed by atoms with Crippen LogP contribution in [0.2, 0.25) is 0 Å². The number of rotatable bonds is 3. The second kappa shape index (κ2) is 5.06. The van der Waals surface area contributed by atoms with E-state index in [0.29, 0.717) is 11.7 Å². The van der Waals surface area contributed by atoms with Gasteiger partial charge in [0.05, 0.1) is 0 Å². The van der Waals surface area contributed by atoms with E-state index >= 15 is 0 Å². The molecular weight excluding hydrogens is 269 g/mol. The molecule has 1 aromatic rings. The van der Waals surface area contributed by atoms with Crippen molar-refractivity contribution in [2.24, 2.45) is 5.92 Å². The lowest BCUT2D eigenvalue weighted by Crippen LogP contribution is -2.18. The Bertz CT molecular complexity index is 471. The maximum atomic E-state index is 12.8. The van der Waals surface area contributed by atoms with Gasteiger partial charge in [-0.05, 0) is 44.4 Å². The number of halogens is 3. The Morgan fingerprint density at radius 3 is 2.30 bits per heavy atom. The highest BCUT2D eigenvalue weighted by Crippen LogP contribution is 2.43. The first kappa shape index (κ1) is 13.9. The molecule has 0 atom stereocenters. The molecule has 2 fully saturated rings. The molecule has 6 heteroatoms. The minimum Gasteiger partial charge on any atom is -0.396 e. The van der Waals surface area contributed by atoms with Crippen molar-refractivity contribution in [1.29, 1.82) is 0 Å². The van der Waals surface area contributed by atoms with E-state index < -0.39 is 11.9 Å². The minimum absolute atomic E-state index is 0.106. The summed E-state index contributed by atoms with van der Waals surface area (Å²) < 4.78 is 40.3.